The van der Waals surface area contributed by atoms with Crippen molar-refractivity contribution >= 4 is 33.2 Å². The number of piperazine rings is 1. The molecule has 0 N–H and O–H groups in total. The fourth-order valence-electron chi connectivity index (χ4n) is 2.54. The Hall–Kier alpha value is -1.17. The molecular formula is C16H17BrN2OS. The number of carbonyl (C=O) groups excluding carboxylic acids is 1. The quantitative estimate of drug-likeness (QED) is 0.832. The van der Waals surface area contributed by atoms with E-state index >= 15 is 0 Å². The predicted octanol–water partition coefficient (Wildman–Crippen LogP) is 3.47. The van der Waals surface area contributed by atoms with E-state index in [2.05, 4.69) is 38.3 Å². The molecule has 1 aliphatic heterocycles. The van der Waals surface area contributed by atoms with Crippen LogP contribution in [-0.2, 0) is 6.54 Å². The van der Waals surface area contributed by atoms with Crippen LogP contribution >= 0.6 is 27.3 Å². The van der Waals surface area contributed by atoms with Crippen LogP contribution in [-0.4, -0.2) is 41.9 Å². The summed E-state index contributed by atoms with van der Waals surface area (Å²) in [4.78, 5) is 18.3. The molecule has 0 aliphatic carbocycles. The summed E-state index contributed by atoms with van der Waals surface area (Å²) in [6, 6.07) is 11.9. The molecule has 0 radical (unpaired) electrons. The highest BCUT2D eigenvalue weighted by Gasteiger charge is 2.23. The van der Waals surface area contributed by atoms with Crippen molar-refractivity contribution in [3.05, 3.63) is 56.7 Å². The van der Waals surface area contributed by atoms with Gasteiger partial charge < -0.3 is 4.90 Å². The van der Waals surface area contributed by atoms with Gasteiger partial charge in [0.05, 0.1) is 5.56 Å². The van der Waals surface area contributed by atoms with E-state index in [1.807, 2.05) is 29.2 Å². The Morgan fingerprint density at radius 1 is 1.10 bits per heavy atom. The van der Waals surface area contributed by atoms with Gasteiger partial charge in [0.15, 0.2) is 0 Å². The average molecular weight is 365 g/mol. The third kappa shape index (κ3) is 3.54. The molecule has 110 valence electrons. The third-order valence-corrected chi connectivity index (χ3v) is 5.28. The van der Waals surface area contributed by atoms with E-state index in [4.69, 9.17) is 0 Å². The molecule has 0 saturated carbocycles. The van der Waals surface area contributed by atoms with Crippen molar-refractivity contribution in [3.63, 3.8) is 0 Å². The van der Waals surface area contributed by atoms with E-state index in [0.29, 0.717) is 0 Å². The second-order valence-corrected chi connectivity index (χ2v) is 7.01. The first kappa shape index (κ1) is 14.8. The maximum atomic E-state index is 12.5. The maximum absolute atomic E-state index is 12.5. The SMILES string of the molecule is O=C(c1ccccc1Br)N1CCN(Cc2cccs2)CC1. The molecule has 0 atom stereocenters. The summed E-state index contributed by atoms with van der Waals surface area (Å²) in [7, 11) is 0. The Kier molecular flexibility index (Phi) is 4.73. The predicted molar refractivity (Wildman–Crippen MR) is 89.6 cm³/mol. The summed E-state index contributed by atoms with van der Waals surface area (Å²) >= 11 is 5.25. The molecule has 1 amide bonds. The Labute approximate surface area is 137 Å². The molecule has 2 aromatic rings. The molecule has 1 aromatic heterocycles. The number of amides is 1. The van der Waals surface area contributed by atoms with Gasteiger partial charge in [0, 0.05) is 42.1 Å². The van der Waals surface area contributed by atoms with Gasteiger partial charge in [-0.15, -0.1) is 11.3 Å². The first-order valence-corrected chi connectivity index (χ1v) is 8.70. The topological polar surface area (TPSA) is 23.6 Å². The normalized spacial score (nSPS) is 16.1. The van der Waals surface area contributed by atoms with Crippen LogP contribution in [0.5, 0.6) is 0 Å². The average Bonchev–Trinajstić information content (AvgIpc) is 3.01. The molecule has 21 heavy (non-hydrogen) atoms. The van der Waals surface area contributed by atoms with Crippen LogP contribution in [0.25, 0.3) is 0 Å². The first-order valence-electron chi connectivity index (χ1n) is 7.02. The first-order chi connectivity index (χ1) is 10.2. The molecule has 1 fully saturated rings. The van der Waals surface area contributed by atoms with Gasteiger partial charge in [0.2, 0.25) is 0 Å². The standard InChI is InChI=1S/C16H17BrN2OS/c17-15-6-2-1-5-14(15)16(20)19-9-7-18(8-10-19)12-13-4-3-11-21-13/h1-6,11H,7-10,12H2. The largest absolute Gasteiger partial charge is 0.336 e. The summed E-state index contributed by atoms with van der Waals surface area (Å²) in [5, 5.41) is 2.11. The molecular weight excluding hydrogens is 348 g/mol. The molecule has 5 heteroatoms. The highest BCUT2D eigenvalue weighted by molar-refractivity contribution is 9.10. The van der Waals surface area contributed by atoms with Crippen molar-refractivity contribution < 1.29 is 4.79 Å². The van der Waals surface area contributed by atoms with Gasteiger partial charge in [-0.3, -0.25) is 9.69 Å². The second-order valence-electron chi connectivity index (χ2n) is 5.13. The number of benzene rings is 1. The van der Waals surface area contributed by atoms with Crippen LogP contribution in [0, 0.1) is 0 Å². The number of rotatable bonds is 3. The van der Waals surface area contributed by atoms with Gasteiger partial charge in [0.25, 0.3) is 5.91 Å². The zero-order valence-corrected chi connectivity index (χ0v) is 14.1. The molecule has 0 spiro atoms. The summed E-state index contributed by atoms with van der Waals surface area (Å²) in [5.41, 5.74) is 0.754. The fourth-order valence-corrected chi connectivity index (χ4v) is 3.74. The van der Waals surface area contributed by atoms with Crippen molar-refractivity contribution in [2.24, 2.45) is 0 Å². The minimum absolute atomic E-state index is 0.123. The van der Waals surface area contributed by atoms with E-state index in [9.17, 15) is 4.79 Å². The van der Waals surface area contributed by atoms with Crippen LogP contribution in [0.2, 0.25) is 0 Å². The smallest absolute Gasteiger partial charge is 0.255 e. The lowest BCUT2D eigenvalue weighted by Gasteiger charge is -2.34. The highest BCUT2D eigenvalue weighted by Crippen LogP contribution is 2.19. The number of nitrogens with zero attached hydrogens (tertiary/aromatic N) is 2. The van der Waals surface area contributed by atoms with Gasteiger partial charge in [-0.05, 0) is 39.5 Å². The fraction of sp³-hybridized carbons (Fsp3) is 0.312. The van der Waals surface area contributed by atoms with Gasteiger partial charge in [-0.25, -0.2) is 0 Å². The molecule has 1 aromatic carbocycles. The van der Waals surface area contributed by atoms with Gasteiger partial charge in [-0.2, -0.15) is 0 Å². The monoisotopic (exact) mass is 364 g/mol. The van der Waals surface area contributed by atoms with Crippen LogP contribution in [0.3, 0.4) is 0 Å². The molecule has 1 saturated heterocycles. The molecule has 3 rings (SSSR count). The summed E-state index contributed by atoms with van der Waals surface area (Å²) in [5.74, 6) is 0.123. The maximum Gasteiger partial charge on any atom is 0.255 e. The van der Waals surface area contributed by atoms with Crippen molar-refractivity contribution in [2.75, 3.05) is 26.2 Å². The summed E-state index contributed by atoms with van der Waals surface area (Å²) < 4.78 is 0.871. The Bertz CT molecular complexity index is 606. The molecule has 1 aliphatic rings. The van der Waals surface area contributed by atoms with Crippen molar-refractivity contribution in [1.29, 1.82) is 0 Å². The van der Waals surface area contributed by atoms with Gasteiger partial charge in [0.1, 0.15) is 0 Å². The molecule has 0 bridgehead atoms. The minimum atomic E-state index is 0.123. The van der Waals surface area contributed by atoms with Gasteiger partial charge in [-0.1, -0.05) is 18.2 Å². The molecule has 2 heterocycles. The minimum Gasteiger partial charge on any atom is -0.336 e. The van der Waals surface area contributed by atoms with Crippen molar-refractivity contribution in [2.45, 2.75) is 6.54 Å². The van der Waals surface area contributed by atoms with Crippen LogP contribution < -0.4 is 0 Å². The van der Waals surface area contributed by atoms with Crippen LogP contribution in [0.15, 0.2) is 46.3 Å². The Morgan fingerprint density at radius 3 is 2.52 bits per heavy atom. The lowest BCUT2D eigenvalue weighted by Crippen LogP contribution is -2.48. The zero-order chi connectivity index (χ0) is 14.7. The van der Waals surface area contributed by atoms with Crippen molar-refractivity contribution in [3.8, 4) is 0 Å². The number of thiophene rings is 1. The van der Waals surface area contributed by atoms with Gasteiger partial charge >= 0.3 is 0 Å². The Morgan fingerprint density at radius 2 is 1.86 bits per heavy atom. The summed E-state index contributed by atoms with van der Waals surface area (Å²) in [6.07, 6.45) is 0. The van der Waals surface area contributed by atoms with E-state index < -0.39 is 0 Å². The third-order valence-electron chi connectivity index (χ3n) is 3.72. The second kappa shape index (κ2) is 6.73. The molecule has 3 nitrogen and oxygen atoms in total. The van der Waals surface area contributed by atoms with E-state index in [0.717, 1.165) is 42.8 Å². The van der Waals surface area contributed by atoms with Crippen molar-refractivity contribution in [1.82, 2.24) is 9.80 Å². The van der Waals surface area contributed by atoms with E-state index in [-0.39, 0.29) is 5.91 Å². The van der Waals surface area contributed by atoms with E-state index in [1.54, 1.807) is 11.3 Å². The highest BCUT2D eigenvalue weighted by atomic mass is 79.9. The number of hydrogen-bond donors (Lipinski definition) is 0. The summed E-state index contributed by atoms with van der Waals surface area (Å²) in [6.45, 7) is 4.47. The molecule has 0 unspecified atom stereocenters. The lowest BCUT2D eigenvalue weighted by molar-refractivity contribution is 0.0629. The number of halogens is 1. The van der Waals surface area contributed by atoms with Crippen LogP contribution in [0.4, 0.5) is 0 Å². The lowest BCUT2D eigenvalue weighted by atomic mass is 10.2. The zero-order valence-electron chi connectivity index (χ0n) is 11.7. The number of carbonyl (C=O) groups is 1. The van der Waals surface area contributed by atoms with E-state index in [1.165, 1.54) is 4.88 Å². The Balaban J connectivity index is 1.58. The number of hydrogen-bond acceptors (Lipinski definition) is 3. The van der Waals surface area contributed by atoms with Crippen LogP contribution in [0.1, 0.15) is 15.2 Å².